The van der Waals surface area contributed by atoms with Crippen molar-refractivity contribution in [3.63, 3.8) is 0 Å². The van der Waals surface area contributed by atoms with E-state index in [0.717, 1.165) is 24.0 Å². The van der Waals surface area contributed by atoms with Gasteiger partial charge in [0.1, 0.15) is 6.10 Å². The molecule has 0 unspecified atom stereocenters. The Labute approximate surface area is 213 Å². The van der Waals surface area contributed by atoms with Gasteiger partial charge >= 0.3 is 0 Å². The molecule has 1 aliphatic heterocycles. The Balaban J connectivity index is 1.48. The molecular weight excluding hydrogens is 456 g/mol. The molecule has 5 rings (SSSR count). The van der Waals surface area contributed by atoms with Crippen molar-refractivity contribution in [1.29, 1.82) is 0 Å². The van der Waals surface area contributed by atoms with E-state index in [1.54, 1.807) is 13.0 Å². The van der Waals surface area contributed by atoms with Gasteiger partial charge in [0.15, 0.2) is 17.2 Å². The van der Waals surface area contributed by atoms with Crippen LogP contribution in [0.5, 0.6) is 0 Å². The summed E-state index contributed by atoms with van der Waals surface area (Å²) >= 11 is 0. The largest absolute Gasteiger partial charge is 0.487 e. The Morgan fingerprint density at radius 2 is 1.33 bits per heavy atom. The fraction of sp³-hybridized carbons (Fsp3) is 0.600. The lowest BCUT2D eigenvalue weighted by molar-refractivity contribution is -0.118. The van der Waals surface area contributed by atoms with Gasteiger partial charge in [-0.05, 0) is 67.7 Å². The molecule has 5 aliphatic rings. The van der Waals surface area contributed by atoms with E-state index in [1.165, 1.54) is 12.3 Å². The number of aliphatic hydroxyl groups excluding tert-OH is 3. The number of hydrogen-bond donors (Lipinski definition) is 3. The van der Waals surface area contributed by atoms with E-state index >= 15 is 0 Å². The average Bonchev–Trinajstić information content (AvgIpc) is 2.83. The molecule has 0 bridgehead atoms. The minimum absolute atomic E-state index is 0.167. The van der Waals surface area contributed by atoms with E-state index in [9.17, 15) is 24.9 Å². The number of ketones is 2. The summed E-state index contributed by atoms with van der Waals surface area (Å²) in [6.45, 7) is 10.1. The summed E-state index contributed by atoms with van der Waals surface area (Å²) in [6, 6.07) is 0. The molecule has 194 valence electrons. The zero-order chi connectivity index (χ0) is 26.2. The Bertz CT molecular complexity index is 1170. The quantitative estimate of drug-likeness (QED) is 0.538. The molecule has 1 heterocycles. The first kappa shape index (κ1) is 25.4. The third-order valence-electron chi connectivity index (χ3n) is 10.1. The Morgan fingerprint density at radius 3 is 1.89 bits per heavy atom. The molecule has 0 spiro atoms. The predicted octanol–water partition coefficient (Wildman–Crippen LogP) is 3.88. The van der Waals surface area contributed by atoms with Crippen molar-refractivity contribution in [1.82, 2.24) is 0 Å². The highest BCUT2D eigenvalue weighted by Gasteiger charge is 2.51. The molecule has 0 aromatic heterocycles. The second kappa shape index (κ2) is 8.37. The van der Waals surface area contributed by atoms with Gasteiger partial charge in [0.25, 0.3) is 0 Å². The lowest BCUT2D eigenvalue weighted by atomic mass is 9.59. The number of rotatable bonds is 2. The summed E-state index contributed by atoms with van der Waals surface area (Å²) in [5.41, 5.74) is 0.764. The van der Waals surface area contributed by atoms with Gasteiger partial charge in [-0.3, -0.25) is 9.59 Å². The molecule has 0 saturated heterocycles. The van der Waals surface area contributed by atoms with Crippen LogP contribution in [0.15, 0.2) is 58.4 Å². The van der Waals surface area contributed by atoms with Gasteiger partial charge in [-0.25, -0.2) is 0 Å². The number of carbonyl (C=O) groups excluding carboxylic acids is 2. The fourth-order valence-corrected chi connectivity index (χ4v) is 6.93. The summed E-state index contributed by atoms with van der Waals surface area (Å²) in [5, 5.41) is 32.4. The molecule has 0 amide bonds. The number of allylic oxidation sites excluding steroid dienone is 5. The van der Waals surface area contributed by atoms with Gasteiger partial charge in [0, 0.05) is 34.0 Å². The number of ether oxygens (including phenoxy) is 1. The van der Waals surface area contributed by atoms with Crippen LogP contribution in [0.3, 0.4) is 0 Å². The van der Waals surface area contributed by atoms with Crippen LogP contribution in [0.2, 0.25) is 0 Å². The topological polar surface area (TPSA) is 104 Å². The van der Waals surface area contributed by atoms with Crippen LogP contribution in [0.1, 0.15) is 66.7 Å². The lowest BCUT2D eigenvalue weighted by Crippen LogP contribution is -2.50. The maximum Gasteiger partial charge on any atom is 0.186 e. The van der Waals surface area contributed by atoms with Gasteiger partial charge in [-0.1, -0.05) is 39.8 Å². The highest BCUT2D eigenvalue weighted by atomic mass is 16.5. The fourth-order valence-electron chi connectivity index (χ4n) is 6.93. The Morgan fingerprint density at radius 1 is 0.806 bits per heavy atom. The Kier molecular flexibility index (Phi) is 5.90. The molecular formula is C30H38O6. The number of fused-ring (bicyclic) bond motifs is 2. The van der Waals surface area contributed by atoms with Crippen LogP contribution in [0.25, 0.3) is 0 Å². The van der Waals surface area contributed by atoms with E-state index in [2.05, 4.69) is 20.8 Å². The number of carbonyl (C=O) groups is 2. The van der Waals surface area contributed by atoms with Gasteiger partial charge in [0.05, 0.1) is 18.5 Å². The number of hydrogen-bond acceptors (Lipinski definition) is 6. The van der Waals surface area contributed by atoms with Crippen LogP contribution >= 0.6 is 0 Å². The zero-order valence-electron chi connectivity index (χ0n) is 21.9. The minimum atomic E-state index is -1.27. The van der Waals surface area contributed by atoms with Gasteiger partial charge in [0.2, 0.25) is 0 Å². The molecule has 0 aromatic rings. The predicted molar refractivity (Wildman–Crippen MR) is 136 cm³/mol. The SMILES string of the molecule is C[C@H]1CC[C@@H](O)C2=CC(=O)C(C3=CO[C@](C)(C4=C[C@@]5(C)C(=CC4=O)[C@H](O)CC[C@@H]5C)[C@H](O)C3)=C[C@@]21C. The molecule has 2 saturated carbocycles. The van der Waals surface area contributed by atoms with Crippen molar-refractivity contribution in [3.8, 4) is 0 Å². The summed E-state index contributed by atoms with van der Waals surface area (Å²) in [7, 11) is 0. The van der Waals surface area contributed by atoms with E-state index in [-0.39, 0.29) is 29.8 Å². The summed E-state index contributed by atoms with van der Waals surface area (Å²) < 4.78 is 6.15. The van der Waals surface area contributed by atoms with E-state index in [4.69, 9.17) is 4.74 Å². The normalized spacial score (nSPS) is 44.8. The smallest absolute Gasteiger partial charge is 0.186 e. The molecule has 0 aromatic carbocycles. The van der Waals surface area contributed by atoms with Crippen molar-refractivity contribution in [2.75, 3.05) is 0 Å². The van der Waals surface area contributed by atoms with Crippen molar-refractivity contribution in [2.24, 2.45) is 22.7 Å². The molecule has 3 N–H and O–H groups in total. The van der Waals surface area contributed by atoms with Gasteiger partial charge < -0.3 is 20.1 Å². The lowest BCUT2D eigenvalue weighted by Gasteiger charge is -2.48. The van der Waals surface area contributed by atoms with Crippen molar-refractivity contribution >= 4 is 11.6 Å². The maximum absolute atomic E-state index is 13.2. The second-order valence-electron chi connectivity index (χ2n) is 12.2. The van der Waals surface area contributed by atoms with Crippen LogP contribution in [0.4, 0.5) is 0 Å². The summed E-state index contributed by atoms with van der Waals surface area (Å²) in [4.78, 5) is 26.3. The molecule has 2 fully saturated rings. The minimum Gasteiger partial charge on any atom is -0.487 e. The van der Waals surface area contributed by atoms with Crippen molar-refractivity contribution in [3.05, 3.63) is 58.4 Å². The third-order valence-corrected chi connectivity index (χ3v) is 10.1. The monoisotopic (exact) mass is 494 g/mol. The molecule has 6 nitrogen and oxygen atoms in total. The van der Waals surface area contributed by atoms with Crippen LogP contribution in [0, 0.1) is 22.7 Å². The molecule has 4 aliphatic carbocycles. The van der Waals surface area contributed by atoms with Crippen LogP contribution in [-0.4, -0.2) is 50.8 Å². The van der Waals surface area contributed by atoms with Crippen LogP contribution in [-0.2, 0) is 14.3 Å². The first-order valence-corrected chi connectivity index (χ1v) is 13.2. The molecule has 36 heavy (non-hydrogen) atoms. The first-order chi connectivity index (χ1) is 16.8. The summed E-state index contributed by atoms with van der Waals surface area (Å²) in [5.74, 6) is 0.0341. The highest BCUT2D eigenvalue weighted by molar-refractivity contribution is 6.09. The van der Waals surface area contributed by atoms with Crippen LogP contribution < -0.4 is 0 Å². The third kappa shape index (κ3) is 3.56. The number of aliphatic hydroxyl groups is 3. The van der Waals surface area contributed by atoms with Gasteiger partial charge in [-0.2, -0.15) is 0 Å². The van der Waals surface area contributed by atoms with Crippen molar-refractivity contribution in [2.45, 2.75) is 90.6 Å². The van der Waals surface area contributed by atoms with E-state index in [1.807, 2.05) is 19.1 Å². The van der Waals surface area contributed by atoms with E-state index in [0.29, 0.717) is 29.6 Å². The second-order valence-corrected chi connectivity index (χ2v) is 12.2. The Hall–Kier alpha value is -2.28. The highest BCUT2D eigenvalue weighted by Crippen LogP contribution is 2.52. The molecule has 6 heteroatoms. The zero-order valence-corrected chi connectivity index (χ0v) is 21.9. The maximum atomic E-state index is 13.2. The first-order valence-electron chi connectivity index (χ1n) is 13.2. The molecule has 0 radical (unpaired) electrons. The van der Waals surface area contributed by atoms with Gasteiger partial charge in [-0.15, -0.1) is 0 Å². The van der Waals surface area contributed by atoms with E-state index < -0.39 is 34.7 Å². The standard InChI is InChI=1S/C30H38O6/c1-16-6-8-23(31)20-11-25(33)19(13-28(16,20)3)18-10-27(35)30(5,36-15-18)22-14-29(4)17(2)7-9-24(32)21(29)12-26(22)34/h11-17,23-24,27,31-32,35H,6-10H2,1-5H3/t16-,17-,23+,24+,27+,28+,29+,30+/m0/s1. The average molecular weight is 495 g/mol. The summed E-state index contributed by atoms with van der Waals surface area (Å²) in [6.07, 6.45) is 9.30. The van der Waals surface area contributed by atoms with Crippen molar-refractivity contribution < 1.29 is 29.6 Å². The molecule has 8 atom stereocenters.